The number of rotatable bonds is 8. The van der Waals surface area contributed by atoms with E-state index >= 15 is 0 Å². The maximum absolute atomic E-state index is 12.6. The zero-order valence-electron chi connectivity index (χ0n) is 14.5. The van der Waals surface area contributed by atoms with Gasteiger partial charge in [-0.15, -0.1) is 0 Å². The maximum atomic E-state index is 12.6. The van der Waals surface area contributed by atoms with E-state index in [-0.39, 0.29) is 5.91 Å². The van der Waals surface area contributed by atoms with Gasteiger partial charge >= 0.3 is 0 Å². The molecule has 134 valence electrons. The Kier molecular flexibility index (Phi) is 7.20. The highest BCUT2D eigenvalue weighted by atomic mass is 32.2. The van der Waals surface area contributed by atoms with E-state index in [0.29, 0.717) is 35.4 Å². The van der Waals surface area contributed by atoms with Crippen molar-refractivity contribution in [2.45, 2.75) is 37.6 Å². The first-order valence-corrected chi connectivity index (χ1v) is 9.43. The van der Waals surface area contributed by atoms with Crippen molar-refractivity contribution in [3.8, 4) is 5.75 Å². The van der Waals surface area contributed by atoms with E-state index in [9.17, 15) is 9.00 Å². The molecule has 0 aliphatic carbocycles. The molecule has 2 atom stereocenters. The number of hydrogen-bond acceptors (Lipinski definition) is 5. The first kappa shape index (κ1) is 18.9. The lowest BCUT2D eigenvalue weighted by molar-refractivity contribution is 0.0938. The molecule has 0 aromatic heterocycles. The predicted molar refractivity (Wildman–Crippen MR) is 93.6 cm³/mol. The first-order valence-electron chi connectivity index (χ1n) is 8.36. The molecule has 0 radical (unpaired) electrons. The van der Waals surface area contributed by atoms with Gasteiger partial charge in [-0.25, -0.2) is 4.21 Å². The summed E-state index contributed by atoms with van der Waals surface area (Å²) in [5, 5.41) is 2.98. The van der Waals surface area contributed by atoms with Crippen molar-refractivity contribution in [2.24, 2.45) is 0 Å². The fraction of sp³-hybridized carbons (Fsp3) is 0.588. The fourth-order valence-corrected chi connectivity index (χ4v) is 3.74. The molecule has 24 heavy (non-hydrogen) atoms. The largest absolute Gasteiger partial charge is 0.496 e. The minimum Gasteiger partial charge on any atom is -0.496 e. The average molecular weight is 354 g/mol. The third-order valence-electron chi connectivity index (χ3n) is 4.24. The lowest BCUT2D eigenvalue weighted by atomic mass is 10.1. The lowest BCUT2D eigenvalue weighted by Gasteiger charge is -2.23. The van der Waals surface area contributed by atoms with Gasteiger partial charge in [0.15, 0.2) is 11.1 Å². The van der Waals surface area contributed by atoms with E-state index in [2.05, 4.69) is 17.1 Å². The van der Waals surface area contributed by atoms with Crippen LogP contribution >= 0.6 is 0 Å². The molecule has 1 aliphatic heterocycles. The molecule has 1 N–H and O–H groups in total. The standard InChI is InChI=1S/C17H26N2O4S/c1-4-19-10-6-7-13(19)12-18-17(20)15-11-14(24(21)23-5-2)8-9-16(15)22-3/h8-9,11,13H,4-7,10,12H2,1-3H3,(H,18,20)/t13-,24+/m0/s1. The monoisotopic (exact) mass is 354 g/mol. The van der Waals surface area contributed by atoms with Gasteiger partial charge in [-0.2, -0.15) is 0 Å². The number of likely N-dealkylation sites (N-methyl/N-ethyl adjacent to an activating group) is 1. The summed E-state index contributed by atoms with van der Waals surface area (Å²) >= 11 is -1.58. The van der Waals surface area contributed by atoms with Crippen molar-refractivity contribution in [3.05, 3.63) is 23.8 Å². The summed E-state index contributed by atoms with van der Waals surface area (Å²) in [4.78, 5) is 15.4. The minimum atomic E-state index is -1.58. The Morgan fingerprint density at radius 3 is 2.88 bits per heavy atom. The first-order chi connectivity index (χ1) is 11.6. The van der Waals surface area contributed by atoms with Crippen molar-refractivity contribution in [3.63, 3.8) is 0 Å². The molecule has 0 bridgehead atoms. The summed E-state index contributed by atoms with van der Waals surface area (Å²) in [6.07, 6.45) is 2.26. The zero-order chi connectivity index (χ0) is 17.5. The Morgan fingerprint density at radius 1 is 1.42 bits per heavy atom. The fourth-order valence-electron chi connectivity index (χ4n) is 2.99. The molecule has 2 rings (SSSR count). The topological polar surface area (TPSA) is 67.9 Å². The molecule has 7 heteroatoms. The van der Waals surface area contributed by atoms with Crippen molar-refractivity contribution in [1.29, 1.82) is 0 Å². The van der Waals surface area contributed by atoms with Gasteiger partial charge in [0.05, 0.1) is 24.2 Å². The van der Waals surface area contributed by atoms with Crippen LogP contribution in [0.1, 0.15) is 37.0 Å². The van der Waals surface area contributed by atoms with Gasteiger partial charge in [-0.1, -0.05) is 6.92 Å². The number of likely N-dealkylation sites (tertiary alicyclic amines) is 1. The van der Waals surface area contributed by atoms with E-state index in [1.54, 1.807) is 25.1 Å². The van der Waals surface area contributed by atoms with Crippen LogP contribution in [0.2, 0.25) is 0 Å². The van der Waals surface area contributed by atoms with Gasteiger partial charge in [0.25, 0.3) is 5.91 Å². The van der Waals surface area contributed by atoms with Crippen LogP contribution in [0.5, 0.6) is 5.75 Å². The van der Waals surface area contributed by atoms with Gasteiger partial charge in [0.2, 0.25) is 0 Å². The molecule has 0 saturated carbocycles. The molecule has 1 aromatic rings. The predicted octanol–water partition coefficient (Wildman–Crippen LogP) is 1.97. The van der Waals surface area contributed by atoms with E-state index in [4.69, 9.17) is 8.92 Å². The number of amides is 1. The maximum Gasteiger partial charge on any atom is 0.255 e. The van der Waals surface area contributed by atoms with Gasteiger partial charge in [-0.3, -0.25) is 13.9 Å². The molecular formula is C17H26N2O4S. The summed E-state index contributed by atoms with van der Waals surface area (Å²) in [6.45, 7) is 6.94. The van der Waals surface area contributed by atoms with Crippen LogP contribution in [-0.4, -0.2) is 54.4 Å². The minimum absolute atomic E-state index is 0.217. The number of nitrogens with one attached hydrogen (secondary N) is 1. The number of hydrogen-bond donors (Lipinski definition) is 1. The number of carbonyl (C=O) groups is 1. The normalized spacial score (nSPS) is 19.2. The van der Waals surface area contributed by atoms with E-state index in [1.807, 2.05) is 0 Å². The van der Waals surface area contributed by atoms with Crippen molar-refractivity contribution >= 4 is 17.0 Å². The molecule has 1 heterocycles. The van der Waals surface area contributed by atoms with Crippen molar-refractivity contribution < 1.29 is 17.9 Å². The third-order valence-corrected chi connectivity index (χ3v) is 5.33. The number of nitrogens with zero attached hydrogens (tertiary/aromatic N) is 1. The molecule has 1 aromatic carbocycles. The molecular weight excluding hydrogens is 328 g/mol. The van der Waals surface area contributed by atoms with Gasteiger partial charge in [0, 0.05) is 12.6 Å². The second kappa shape index (κ2) is 9.15. The Bertz CT molecular complexity index is 594. The average Bonchev–Trinajstić information content (AvgIpc) is 3.06. The van der Waals surface area contributed by atoms with Gasteiger partial charge in [0.1, 0.15) is 5.75 Å². The molecule has 1 fully saturated rings. The van der Waals surface area contributed by atoms with Crippen LogP contribution in [0.4, 0.5) is 0 Å². The van der Waals surface area contributed by atoms with Crippen LogP contribution in [0.25, 0.3) is 0 Å². The van der Waals surface area contributed by atoms with E-state index in [1.165, 1.54) is 13.5 Å². The summed E-state index contributed by atoms with van der Waals surface area (Å²) in [5.74, 6) is 0.244. The molecule has 0 unspecified atom stereocenters. The highest BCUT2D eigenvalue weighted by molar-refractivity contribution is 7.80. The summed E-state index contributed by atoms with van der Waals surface area (Å²) in [5.41, 5.74) is 0.379. The Morgan fingerprint density at radius 2 is 2.21 bits per heavy atom. The quantitative estimate of drug-likeness (QED) is 0.773. The second-order valence-corrected chi connectivity index (χ2v) is 6.81. The Balaban J connectivity index is 2.09. The Hall–Kier alpha value is -1.44. The highest BCUT2D eigenvalue weighted by Gasteiger charge is 2.24. The van der Waals surface area contributed by atoms with Crippen molar-refractivity contribution in [2.75, 3.05) is 33.4 Å². The van der Waals surface area contributed by atoms with Crippen LogP contribution in [-0.2, 0) is 15.3 Å². The number of methoxy groups -OCH3 is 1. The molecule has 1 amide bonds. The summed E-state index contributed by atoms with van der Waals surface area (Å²) < 4.78 is 22.3. The van der Waals surface area contributed by atoms with Crippen LogP contribution in [0.15, 0.2) is 23.1 Å². The SMILES string of the molecule is CCO[S@@](=O)c1ccc(OC)c(C(=O)NC[C@@H]2CCCN2CC)c1. The second-order valence-electron chi connectivity index (χ2n) is 5.64. The lowest BCUT2D eigenvalue weighted by Crippen LogP contribution is -2.40. The van der Waals surface area contributed by atoms with Crippen LogP contribution in [0.3, 0.4) is 0 Å². The number of ether oxygens (including phenoxy) is 1. The van der Waals surface area contributed by atoms with Crippen molar-refractivity contribution in [1.82, 2.24) is 10.2 Å². The highest BCUT2D eigenvalue weighted by Crippen LogP contribution is 2.22. The Labute approximate surface area is 146 Å². The van der Waals surface area contributed by atoms with E-state index in [0.717, 1.165) is 19.5 Å². The molecule has 1 aliphatic rings. The number of carbonyl (C=O) groups excluding carboxylic acids is 1. The molecule has 6 nitrogen and oxygen atoms in total. The summed E-state index contributed by atoms with van der Waals surface area (Å²) in [6, 6.07) is 5.25. The number of benzene rings is 1. The van der Waals surface area contributed by atoms with Gasteiger partial charge in [-0.05, 0) is 51.1 Å². The smallest absolute Gasteiger partial charge is 0.255 e. The van der Waals surface area contributed by atoms with E-state index < -0.39 is 11.1 Å². The van der Waals surface area contributed by atoms with Gasteiger partial charge < -0.3 is 10.1 Å². The zero-order valence-corrected chi connectivity index (χ0v) is 15.4. The summed E-state index contributed by atoms with van der Waals surface area (Å²) in [7, 11) is 1.51. The van der Waals surface area contributed by atoms with Crippen LogP contribution in [0, 0.1) is 0 Å². The molecule has 0 spiro atoms. The van der Waals surface area contributed by atoms with Crippen LogP contribution < -0.4 is 10.1 Å². The third kappa shape index (κ3) is 4.55. The molecule has 1 saturated heterocycles.